The third-order valence-electron chi connectivity index (χ3n) is 7.83. The number of ether oxygens (including phenoxy) is 4. The number of carbonyl (C=O) groups excluding carboxylic acids is 2. The largest absolute Gasteiger partial charge is 0.507 e. The van der Waals surface area contributed by atoms with Gasteiger partial charge in [0, 0.05) is 25.0 Å². The first kappa shape index (κ1) is 39.5. The standard InChI is InChI=1S/C37H50BrN3O8/c1-5-9-11-13-15-27(23-46-33(44)7-3)48-25-17-19-29(31(42)21-25)35-39-36(41-37(38)40-35)30-20-18-26(22-32(30)43)49-28(16-14-12-10-6-2)24-47-34(45)8-4/h17-22,27-28,42-43H,5-16,23-24H2,1-4H3. The number of nitrogens with zero attached hydrogens (tertiary/aromatic N) is 3. The van der Waals surface area contributed by atoms with Gasteiger partial charge < -0.3 is 29.2 Å². The summed E-state index contributed by atoms with van der Waals surface area (Å²) < 4.78 is 23.2. The van der Waals surface area contributed by atoms with E-state index in [2.05, 4.69) is 44.7 Å². The van der Waals surface area contributed by atoms with E-state index in [1.54, 1.807) is 38.1 Å². The Morgan fingerprint density at radius 2 is 1.08 bits per heavy atom. The van der Waals surface area contributed by atoms with Gasteiger partial charge in [-0.3, -0.25) is 9.59 Å². The average Bonchev–Trinajstić information content (AvgIpc) is 3.09. The predicted octanol–water partition coefficient (Wildman–Crippen LogP) is 8.72. The van der Waals surface area contributed by atoms with Crippen molar-refractivity contribution >= 4 is 27.9 Å². The molecule has 0 saturated heterocycles. The fourth-order valence-electron chi connectivity index (χ4n) is 5.05. The van der Waals surface area contributed by atoms with Crippen molar-refractivity contribution in [3.8, 4) is 45.8 Å². The van der Waals surface area contributed by atoms with Crippen LogP contribution in [0.25, 0.3) is 22.8 Å². The lowest BCUT2D eigenvalue weighted by atomic mass is 10.1. The van der Waals surface area contributed by atoms with E-state index in [-0.39, 0.29) is 78.1 Å². The summed E-state index contributed by atoms with van der Waals surface area (Å²) in [7, 11) is 0. The van der Waals surface area contributed by atoms with Gasteiger partial charge in [-0.05, 0) is 65.9 Å². The van der Waals surface area contributed by atoms with E-state index < -0.39 is 0 Å². The van der Waals surface area contributed by atoms with Crippen LogP contribution < -0.4 is 9.47 Å². The number of phenols is 2. The first-order valence-corrected chi connectivity index (χ1v) is 18.2. The zero-order valence-corrected chi connectivity index (χ0v) is 30.7. The maximum Gasteiger partial charge on any atom is 0.305 e. The number of carbonyl (C=O) groups is 2. The van der Waals surface area contributed by atoms with Crippen LogP contribution >= 0.6 is 15.9 Å². The molecular weight excluding hydrogens is 694 g/mol. The highest BCUT2D eigenvalue weighted by atomic mass is 79.9. The zero-order valence-electron chi connectivity index (χ0n) is 29.1. The van der Waals surface area contributed by atoms with Crippen molar-refractivity contribution in [2.24, 2.45) is 0 Å². The molecule has 0 fully saturated rings. The first-order valence-electron chi connectivity index (χ1n) is 17.4. The maximum atomic E-state index is 11.8. The minimum atomic E-state index is -0.354. The predicted molar refractivity (Wildman–Crippen MR) is 191 cm³/mol. The Morgan fingerprint density at radius 3 is 1.45 bits per heavy atom. The van der Waals surface area contributed by atoms with Crippen molar-refractivity contribution in [3.63, 3.8) is 0 Å². The average molecular weight is 745 g/mol. The molecule has 0 aliphatic rings. The molecule has 268 valence electrons. The van der Waals surface area contributed by atoms with Crippen molar-refractivity contribution in [2.75, 3.05) is 13.2 Å². The summed E-state index contributed by atoms with van der Waals surface area (Å²) in [6.45, 7) is 8.04. The van der Waals surface area contributed by atoms with Crippen LogP contribution in [0.4, 0.5) is 0 Å². The summed E-state index contributed by atoms with van der Waals surface area (Å²) >= 11 is 3.33. The lowest BCUT2D eigenvalue weighted by Crippen LogP contribution is -2.25. The molecule has 2 atom stereocenters. The van der Waals surface area contributed by atoms with E-state index in [0.717, 1.165) is 51.4 Å². The lowest BCUT2D eigenvalue weighted by molar-refractivity contribution is -0.146. The van der Waals surface area contributed by atoms with E-state index in [0.29, 0.717) is 35.5 Å². The number of phenolic OH excluding ortho intramolecular Hbond substituents is 2. The SMILES string of the molecule is CCCCCCC(COC(=O)CC)Oc1ccc(-c2nc(Br)nc(-c3ccc(OC(CCCCCC)COC(=O)CC)cc3O)n2)c(O)c1. The number of hydrogen-bond acceptors (Lipinski definition) is 11. The Labute approximate surface area is 297 Å². The van der Waals surface area contributed by atoms with Crippen LogP contribution in [0.3, 0.4) is 0 Å². The molecule has 2 N–H and O–H groups in total. The Kier molecular flexibility index (Phi) is 17.1. The minimum Gasteiger partial charge on any atom is -0.507 e. The highest BCUT2D eigenvalue weighted by Crippen LogP contribution is 2.35. The second-order valence-electron chi connectivity index (χ2n) is 11.9. The van der Waals surface area contributed by atoms with Crippen LogP contribution in [0.15, 0.2) is 41.1 Å². The third kappa shape index (κ3) is 13.5. The summed E-state index contributed by atoms with van der Waals surface area (Å²) in [5.74, 6) is 0.394. The van der Waals surface area contributed by atoms with Crippen LogP contribution in [0.5, 0.6) is 23.0 Å². The van der Waals surface area contributed by atoms with Crippen LogP contribution in [-0.2, 0) is 19.1 Å². The van der Waals surface area contributed by atoms with Crippen molar-refractivity contribution in [1.82, 2.24) is 15.0 Å². The number of benzene rings is 2. The fourth-order valence-corrected chi connectivity index (χ4v) is 5.39. The molecule has 0 saturated carbocycles. The first-order chi connectivity index (χ1) is 23.7. The lowest BCUT2D eigenvalue weighted by Gasteiger charge is -2.20. The Morgan fingerprint density at radius 1 is 0.653 bits per heavy atom. The van der Waals surface area contributed by atoms with Crippen molar-refractivity contribution < 1.29 is 38.7 Å². The molecule has 0 amide bonds. The summed E-state index contributed by atoms with van der Waals surface area (Å²) in [6.07, 6.45) is 9.72. The number of esters is 2. The molecule has 2 unspecified atom stereocenters. The minimum absolute atomic E-state index is 0.112. The summed E-state index contributed by atoms with van der Waals surface area (Å²) in [6, 6.07) is 9.65. The molecule has 3 aromatic rings. The molecule has 12 heteroatoms. The molecule has 2 aromatic carbocycles. The number of rotatable bonds is 22. The Hall–Kier alpha value is -3.93. The molecule has 1 heterocycles. The molecule has 0 aliphatic carbocycles. The maximum absolute atomic E-state index is 11.8. The molecule has 0 spiro atoms. The molecule has 11 nitrogen and oxygen atoms in total. The molecule has 49 heavy (non-hydrogen) atoms. The number of aromatic nitrogens is 3. The molecular formula is C37H50BrN3O8. The highest BCUT2D eigenvalue weighted by Gasteiger charge is 2.19. The van der Waals surface area contributed by atoms with Gasteiger partial charge in [-0.15, -0.1) is 0 Å². The second-order valence-corrected chi connectivity index (χ2v) is 12.6. The van der Waals surface area contributed by atoms with Gasteiger partial charge >= 0.3 is 11.9 Å². The van der Waals surface area contributed by atoms with E-state index >= 15 is 0 Å². The van der Waals surface area contributed by atoms with Crippen molar-refractivity contribution in [2.45, 2.75) is 117 Å². The molecule has 0 bridgehead atoms. The van der Waals surface area contributed by atoms with E-state index in [1.807, 2.05) is 0 Å². The van der Waals surface area contributed by atoms with Crippen LogP contribution in [0.2, 0.25) is 0 Å². The third-order valence-corrected chi connectivity index (χ3v) is 8.19. The highest BCUT2D eigenvalue weighted by molar-refractivity contribution is 9.10. The summed E-state index contributed by atoms with van der Waals surface area (Å²) in [4.78, 5) is 36.8. The molecule has 0 aliphatic heterocycles. The van der Waals surface area contributed by atoms with Gasteiger partial charge in [0.1, 0.15) is 48.4 Å². The topological polar surface area (TPSA) is 150 Å². The molecule has 0 radical (unpaired) electrons. The number of unbranched alkanes of at least 4 members (excludes halogenated alkanes) is 6. The van der Waals surface area contributed by atoms with Crippen LogP contribution in [0, 0.1) is 0 Å². The van der Waals surface area contributed by atoms with E-state index in [1.165, 1.54) is 12.1 Å². The second kappa shape index (κ2) is 21.2. The van der Waals surface area contributed by atoms with E-state index in [9.17, 15) is 19.8 Å². The van der Waals surface area contributed by atoms with Gasteiger partial charge in [-0.2, -0.15) is 0 Å². The fraction of sp³-hybridized carbons (Fsp3) is 0.541. The number of hydrogen-bond donors (Lipinski definition) is 2. The van der Waals surface area contributed by atoms with Gasteiger partial charge in [-0.1, -0.05) is 66.2 Å². The van der Waals surface area contributed by atoms with Crippen LogP contribution in [-0.4, -0.2) is 62.5 Å². The Bertz CT molecular complexity index is 1380. The van der Waals surface area contributed by atoms with Gasteiger partial charge in [0.05, 0.1) is 11.1 Å². The Balaban J connectivity index is 1.78. The van der Waals surface area contributed by atoms with Crippen LogP contribution in [0.1, 0.15) is 105 Å². The molecule has 1 aromatic heterocycles. The van der Waals surface area contributed by atoms with Gasteiger partial charge in [0.15, 0.2) is 11.6 Å². The zero-order chi connectivity index (χ0) is 35.6. The van der Waals surface area contributed by atoms with Crippen molar-refractivity contribution in [3.05, 3.63) is 41.1 Å². The summed E-state index contributed by atoms with van der Waals surface area (Å²) in [5.41, 5.74) is 0.668. The molecule has 3 rings (SSSR count). The smallest absolute Gasteiger partial charge is 0.305 e. The normalized spacial score (nSPS) is 12.3. The van der Waals surface area contributed by atoms with Gasteiger partial charge in [0.25, 0.3) is 0 Å². The quantitative estimate of drug-likeness (QED) is 0.0751. The number of aromatic hydroxyl groups is 2. The monoisotopic (exact) mass is 743 g/mol. The number of halogens is 1. The van der Waals surface area contributed by atoms with E-state index in [4.69, 9.17) is 18.9 Å². The summed E-state index contributed by atoms with van der Waals surface area (Å²) in [5, 5.41) is 22.0. The van der Waals surface area contributed by atoms with Gasteiger partial charge in [0.2, 0.25) is 4.73 Å². The van der Waals surface area contributed by atoms with Gasteiger partial charge in [-0.25, -0.2) is 15.0 Å². The van der Waals surface area contributed by atoms with Crippen molar-refractivity contribution in [1.29, 1.82) is 0 Å².